The molecule has 0 aliphatic carbocycles. The number of benzene rings is 1. The zero-order valence-corrected chi connectivity index (χ0v) is 8.72. The highest BCUT2D eigenvalue weighted by Crippen LogP contribution is 2.16. The first-order valence-corrected chi connectivity index (χ1v) is 4.93. The number of likely N-dealkylation sites (N-methyl/N-ethyl adjacent to an activating group) is 2. The molecular formula is C12H16N2. The van der Waals surface area contributed by atoms with Gasteiger partial charge in [0.05, 0.1) is 0 Å². The minimum Gasteiger partial charge on any atom is -0.359 e. The number of hydrogen-bond acceptors (Lipinski definition) is 2. The fourth-order valence-electron chi connectivity index (χ4n) is 1.81. The Kier molecular flexibility index (Phi) is 2.44. The van der Waals surface area contributed by atoms with E-state index in [0.717, 1.165) is 6.42 Å². The molecule has 1 aromatic rings. The molecule has 2 heteroatoms. The third kappa shape index (κ3) is 1.74. The molecule has 0 fully saturated rings. The summed E-state index contributed by atoms with van der Waals surface area (Å²) in [5.74, 6) is 0. The smallest absolute Gasteiger partial charge is 0.104 e. The van der Waals surface area contributed by atoms with Crippen molar-refractivity contribution in [1.29, 1.82) is 0 Å². The average molecular weight is 188 g/mol. The lowest BCUT2D eigenvalue weighted by molar-refractivity contribution is 0.204. The van der Waals surface area contributed by atoms with E-state index >= 15 is 0 Å². The van der Waals surface area contributed by atoms with E-state index in [0.29, 0.717) is 6.17 Å². The van der Waals surface area contributed by atoms with E-state index in [2.05, 4.69) is 66.6 Å². The van der Waals surface area contributed by atoms with Crippen molar-refractivity contribution in [3.05, 3.63) is 48.3 Å². The topological polar surface area (TPSA) is 6.48 Å². The molecule has 0 atom stereocenters. The standard InChI is InChI=1S/C12H16N2/c1-13-8-9-14(2)12(13)10-11-6-4-3-5-7-11/h3-9,12H,10H2,1-2H3. The van der Waals surface area contributed by atoms with Gasteiger partial charge >= 0.3 is 0 Å². The number of rotatable bonds is 2. The first-order chi connectivity index (χ1) is 6.77. The van der Waals surface area contributed by atoms with E-state index in [1.165, 1.54) is 5.56 Å². The molecule has 2 nitrogen and oxygen atoms in total. The molecular weight excluding hydrogens is 172 g/mol. The molecule has 0 aromatic heterocycles. The second kappa shape index (κ2) is 3.74. The van der Waals surface area contributed by atoms with Gasteiger partial charge in [-0.3, -0.25) is 0 Å². The summed E-state index contributed by atoms with van der Waals surface area (Å²) in [6, 6.07) is 10.6. The fraction of sp³-hybridized carbons (Fsp3) is 0.333. The molecule has 0 spiro atoms. The summed E-state index contributed by atoms with van der Waals surface area (Å²) < 4.78 is 0. The van der Waals surface area contributed by atoms with Crippen molar-refractivity contribution in [2.75, 3.05) is 14.1 Å². The Morgan fingerprint density at radius 3 is 2.14 bits per heavy atom. The van der Waals surface area contributed by atoms with Gasteiger partial charge in [0.2, 0.25) is 0 Å². The molecule has 2 rings (SSSR count). The first-order valence-electron chi connectivity index (χ1n) is 4.93. The lowest BCUT2D eigenvalue weighted by Gasteiger charge is -2.27. The Morgan fingerprint density at radius 2 is 1.57 bits per heavy atom. The van der Waals surface area contributed by atoms with Crippen LogP contribution in [0.5, 0.6) is 0 Å². The fourth-order valence-corrected chi connectivity index (χ4v) is 1.81. The minimum absolute atomic E-state index is 0.470. The molecule has 0 unspecified atom stereocenters. The maximum absolute atomic E-state index is 2.24. The Bertz CT molecular complexity index is 306. The van der Waals surface area contributed by atoms with Crippen LogP contribution in [-0.2, 0) is 6.42 Å². The zero-order chi connectivity index (χ0) is 9.97. The zero-order valence-electron chi connectivity index (χ0n) is 8.72. The maximum Gasteiger partial charge on any atom is 0.104 e. The van der Waals surface area contributed by atoms with Crippen LogP contribution < -0.4 is 0 Å². The Labute approximate surface area is 85.4 Å². The molecule has 0 N–H and O–H groups in total. The lowest BCUT2D eigenvalue weighted by atomic mass is 10.1. The normalized spacial score (nSPS) is 16.7. The van der Waals surface area contributed by atoms with Crippen molar-refractivity contribution in [3.8, 4) is 0 Å². The molecule has 1 aromatic carbocycles. The third-order valence-corrected chi connectivity index (χ3v) is 2.74. The van der Waals surface area contributed by atoms with Gasteiger partial charge in [0.15, 0.2) is 0 Å². The largest absolute Gasteiger partial charge is 0.359 e. The monoisotopic (exact) mass is 188 g/mol. The van der Waals surface area contributed by atoms with Gasteiger partial charge in [-0.25, -0.2) is 0 Å². The summed E-state index contributed by atoms with van der Waals surface area (Å²) in [7, 11) is 4.24. The minimum atomic E-state index is 0.470. The average Bonchev–Trinajstić information content (AvgIpc) is 2.51. The van der Waals surface area contributed by atoms with E-state index in [-0.39, 0.29) is 0 Å². The van der Waals surface area contributed by atoms with Crippen LogP contribution in [0, 0.1) is 0 Å². The van der Waals surface area contributed by atoms with Gasteiger partial charge in [0, 0.05) is 32.9 Å². The molecule has 1 aliphatic rings. The van der Waals surface area contributed by atoms with Crippen molar-refractivity contribution in [3.63, 3.8) is 0 Å². The van der Waals surface area contributed by atoms with Crippen molar-refractivity contribution in [2.45, 2.75) is 12.6 Å². The maximum atomic E-state index is 2.24. The van der Waals surface area contributed by atoms with Crippen LogP contribution in [0.2, 0.25) is 0 Å². The van der Waals surface area contributed by atoms with Gasteiger partial charge in [-0.15, -0.1) is 0 Å². The van der Waals surface area contributed by atoms with Gasteiger partial charge in [-0.05, 0) is 5.56 Å². The predicted molar refractivity (Wildman–Crippen MR) is 58.6 cm³/mol. The van der Waals surface area contributed by atoms with Gasteiger partial charge in [0.1, 0.15) is 6.17 Å². The van der Waals surface area contributed by atoms with Gasteiger partial charge in [-0.1, -0.05) is 30.3 Å². The van der Waals surface area contributed by atoms with Crippen LogP contribution >= 0.6 is 0 Å². The second-order valence-corrected chi connectivity index (χ2v) is 3.80. The highest BCUT2D eigenvalue weighted by Gasteiger charge is 2.19. The van der Waals surface area contributed by atoms with E-state index in [9.17, 15) is 0 Å². The highest BCUT2D eigenvalue weighted by molar-refractivity contribution is 5.16. The molecule has 1 heterocycles. The van der Waals surface area contributed by atoms with Gasteiger partial charge < -0.3 is 9.80 Å². The van der Waals surface area contributed by atoms with Crippen LogP contribution in [0.25, 0.3) is 0 Å². The Morgan fingerprint density at radius 1 is 1.00 bits per heavy atom. The van der Waals surface area contributed by atoms with Crippen molar-refractivity contribution >= 4 is 0 Å². The van der Waals surface area contributed by atoms with Gasteiger partial charge in [-0.2, -0.15) is 0 Å². The molecule has 0 bridgehead atoms. The van der Waals surface area contributed by atoms with Crippen molar-refractivity contribution in [1.82, 2.24) is 9.80 Å². The Balaban J connectivity index is 2.05. The Hall–Kier alpha value is -1.44. The quantitative estimate of drug-likeness (QED) is 0.699. The molecule has 0 amide bonds. The number of hydrogen-bond donors (Lipinski definition) is 0. The summed E-state index contributed by atoms with van der Waals surface area (Å²) in [5.41, 5.74) is 1.39. The summed E-state index contributed by atoms with van der Waals surface area (Å²) >= 11 is 0. The predicted octanol–water partition coefficient (Wildman–Crippen LogP) is 1.90. The highest BCUT2D eigenvalue weighted by atomic mass is 15.4. The first kappa shape index (κ1) is 9.13. The van der Waals surface area contributed by atoms with Crippen molar-refractivity contribution in [2.24, 2.45) is 0 Å². The van der Waals surface area contributed by atoms with E-state index in [1.807, 2.05) is 0 Å². The van der Waals surface area contributed by atoms with Crippen LogP contribution in [0.4, 0.5) is 0 Å². The number of nitrogens with zero attached hydrogens (tertiary/aromatic N) is 2. The summed E-state index contributed by atoms with van der Waals surface area (Å²) in [5, 5.41) is 0. The van der Waals surface area contributed by atoms with E-state index in [1.54, 1.807) is 0 Å². The second-order valence-electron chi connectivity index (χ2n) is 3.80. The molecule has 74 valence electrons. The van der Waals surface area contributed by atoms with Crippen LogP contribution in [-0.4, -0.2) is 30.1 Å². The molecule has 1 aliphatic heterocycles. The summed E-state index contributed by atoms with van der Waals surface area (Å²) in [4.78, 5) is 4.49. The molecule has 0 saturated carbocycles. The van der Waals surface area contributed by atoms with Gasteiger partial charge in [0.25, 0.3) is 0 Å². The SMILES string of the molecule is CN1C=CN(C)C1Cc1ccccc1. The molecule has 14 heavy (non-hydrogen) atoms. The molecule has 0 saturated heterocycles. The summed E-state index contributed by atoms with van der Waals surface area (Å²) in [6.45, 7) is 0. The van der Waals surface area contributed by atoms with E-state index in [4.69, 9.17) is 0 Å². The molecule has 0 radical (unpaired) electrons. The summed E-state index contributed by atoms with van der Waals surface area (Å²) in [6.07, 6.45) is 5.78. The van der Waals surface area contributed by atoms with Crippen molar-refractivity contribution < 1.29 is 0 Å². The third-order valence-electron chi connectivity index (χ3n) is 2.74. The van der Waals surface area contributed by atoms with Crippen LogP contribution in [0.15, 0.2) is 42.7 Å². The van der Waals surface area contributed by atoms with Crippen LogP contribution in [0.1, 0.15) is 5.56 Å². The van der Waals surface area contributed by atoms with Crippen LogP contribution in [0.3, 0.4) is 0 Å². The van der Waals surface area contributed by atoms with E-state index < -0.39 is 0 Å². The lowest BCUT2D eigenvalue weighted by Crippen LogP contribution is -2.35.